The van der Waals surface area contributed by atoms with Crippen LogP contribution < -0.4 is 10.6 Å². The number of hydrogen-bond donors (Lipinski definition) is 2. The highest BCUT2D eigenvalue weighted by Crippen LogP contribution is 2.22. The Morgan fingerprint density at radius 3 is 3.10 bits per heavy atom. The van der Waals surface area contributed by atoms with Crippen molar-refractivity contribution < 1.29 is 14.3 Å². The third-order valence-corrected chi connectivity index (χ3v) is 4.75. The van der Waals surface area contributed by atoms with Crippen LogP contribution in [0.4, 0.5) is 0 Å². The summed E-state index contributed by atoms with van der Waals surface area (Å²) < 4.78 is 11.2. The van der Waals surface area contributed by atoms with Crippen LogP contribution in [0.2, 0.25) is 0 Å². The first-order chi connectivity index (χ1) is 9.78. The molecule has 3 saturated heterocycles. The van der Waals surface area contributed by atoms with Crippen LogP contribution in [-0.4, -0.2) is 75.5 Å². The van der Waals surface area contributed by atoms with Crippen molar-refractivity contribution >= 4 is 5.91 Å². The Bertz CT molecular complexity index is 353. The van der Waals surface area contributed by atoms with E-state index in [1.807, 2.05) is 7.05 Å². The molecule has 3 aliphatic heterocycles. The maximum Gasteiger partial charge on any atom is 0.227 e. The molecule has 0 aromatic carbocycles. The van der Waals surface area contributed by atoms with Crippen LogP contribution in [0.15, 0.2) is 0 Å². The van der Waals surface area contributed by atoms with E-state index < -0.39 is 0 Å². The third-order valence-electron chi connectivity index (χ3n) is 4.75. The average molecular weight is 283 g/mol. The molecule has 4 atom stereocenters. The van der Waals surface area contributed by atoms with Crippen LogP contribution in [0.25, 0.3) is 0 Å². The lowest BCUT2D eigenvalue weighted by Crippen LogP contribution is -2.51. The monoisotopic (exact) mass is 283 g/mol. The van der Waals surface area contributed by atoms with Crippen molar-refractivity contribution in [2.45, 2.75) is 31.0 Å². The Hall–Kier alpha value is -0.690. The van der Waals surface area contributed by atoms with Gasteiger partial charge in [-0.1, -0.05) is 0 Å². The van der Waals surface area contributed by atoms with Gasteiger partial charge in [0, 0.05) is 25.2 Å². The second-order valence-electron chi connectivity index (χ2n) is 6.03. The van der Waals surface area contributed by atoms with E-state index in [0.717, 1.165) is 13.2 Å². The summed E-state index contributed by atoms with van der Waals surface area (Å²) in [6, 6.07) is 0.740. The Kier molecular flexibility index (Phi) is 4.55. The molecule has 6 nitrogen and oxygen atoms in total. The predicted molar refractivity (Wildman–Crippen MR) is 74.5 cm³/mol. The molecule has 0 radical (unpaired) electrons. The van der Waals surface area contributed by atoms with Crippen molar-refractivity contribution in [1.82, 2.24) is 15.5 Å². The lowest BCUT2D eigenvalue weighted by atomic mass is 10.0. The maximum absolute atomic E-state index is 12.2. The average Bonchev–Trinajstić information content (AvgIpc) is 3.12. The quantitative estimate of drug-likeness (QED) is 0.707. The lowest BCUT2D eigenvalue weighted by Gasteiger charge is -2.35. The molecule has 2 N–H and O–H groups in total. The number of likely N-dealkylation sites (N-methyl/N-ethyl adjacent to an activating group) is 1. The lowest BCUT2D eigenvalue weighted by molar-refractivity contribution is -0.126. The van der Waals surface area contributed by atoms with Crippen LogP contribution >= 0.6 is 0 Å². The summed E-state index contributed by atoms with van der Waals surface area (Å²) in [6.45, 7) is 4.67. The molecule has 0 aliphatic carbocycles. The number of nitrogens with one attached hydrogen (secondary N) is 2. The number of rotatable bonds is 4. The fraction of sp³-hybridized carbons (Fsp3) is 0.929. The van der Waals surface area contributed by atoms with Gasteiger partial charge >= 0.3 is 0 Å². The van der Waals surface area contributed by atoms with Gasteiger partial charge in [-0.15, -0.1) is 0 Å². The third kappa shape index (κ3) is 2.98. The van der Waals surface area contributed by atoms with Gasteiger partial charge in [0.1, 0.15) is 0 Å². The van der Waals surface area contributed by atoms with Gasteiger partial charge in [0.2, 0.25) is 5.91 Å². The number of carbonyl (C=O) groups is 1. The molecule has 0 aromatic rings. The maximum atomic E-state index is 12.2. The van der Waals surface area contributed by atoms with Gasteiger partial charge in [-0.25, -0.2) is 0 Å². The molecule has 0 bridgehead atoms. The van der Waals surface area contributed by atoms with E-state index in [2.05, 4.69) is 15.5 Å². The largest absolute Gasteiger partial charge is 0.379 e. The Morgan fingerprint density at radius 2 is 2.25 bits per heavy atom. The van der Waals surface area contributed by atoms with Crippen molar-refractivity contribution in [3.8, 4) is 0 Å². The SMILES string of the molecule is CNC1COCC1C(=O)NCC1CN2CCCC2CO1. The first-order valence-corrected chi connectivity index (χ1v) is 7.66. The molecule has 0 saturated carbocycles. The smallest absolute Gasteiger partial charge is 0.227 e. The molecule has 6 heteroatoms. The van der Waals surface area contributed by atoms with Crippen LogP contribution in [0.5, 0.6) is 0 Å². The summed E-state index contributed by atoms with van der Waals surface area (Å²) in [5.41, 5.74) is 0. The van der Waals surface area contributed by atoms with Crippen molar-refractivity contribution in [2.24, 2.45) is 5.92 Å². The zero-order chi connectivity index (χ0) is 13.9. The summed E-state index contributed by atoms with van der Waals surface area (Å²) in [4.78, 5) is 14.7. The van der Waals surface area contributed by atoms with Gasteiger partial charge < -0.3 is 20.1 Å². The number of nitrogens with zero attached hydrogens (tertiary/aromatic N) is 1. The molecule has 0 aromatic heterocycles. The predicted octanol–water partition coefficient (Wildman–Crippen LogP) is -0.800. The Balaban J connectivity index is 1.44. The highest BCUT2D eigenvalue weighted by molar-refractivity contribution is 5.79. The summed E-state index contributed by atoms with van der Waals surface area (Å²) in [6.07, 6.45) is 2.65. The van der Waals surface area contributed by atoms with E-state index in [9.17, 15) is 4.79 Å². The molecule has 3 fully saturated rings. The Labute approximate surface area is 120 Å². The van der Waals surface area contributed by atoms with E-state index in [0.29, 0.717) is 25.8 Å². The summed E-state index contributed by atoms with van der Waals surface area (Å²) >= 11 is 0. The normalized spacial score (nSPS) is 37.9. The minimum absolute atomic E-state index is 0.0778. The van der Waals surface area contributed by atoms with Crippen molar-refractivity contribution in [1.29, 1.82) is 0 Å². The van der Waals surface area contributed by atoms with Gasteiger partial charge in [0.15, 0.2) is 0 Å². The number of carbonyl (C=O) groups excluding carboxylic acids is 1. The minimum atomic E-state index is -0.0804. The molecular formula is C14H25N3O3. The van der Waals surface area contributed by atoms with Gasteiger partial charge in [-0.05, 0) is 26.4 Å². The number of ether oxygens (including phenoxy) is 2. The van der Waals surface area contributed by atoms with Gasteiger partial charge in [0.25, 0.3) is 0 Å². The molecule has 3 rings (SSSR count). The zero-order valence-corrected chi connectivity index (χ0v) is 12.1. The summed E-state index contributed by atoms with van der Waals surface area (Å²) in [5, 5.41) is 6.17. The number of fused-ring (bicyclic) bond motifs is 1. The topological polar surface area (TPSA) is 62.8 Å². The second-order valence-corrected chi connectivity index (χ2v) is 6.03. The summed E-state index contributed by atoms with van der Waals surface area (Å²) in [7, 11) is 1.87. The Morgan fingerprint density at radius 1 is 1.35 bits per heavy atom. The zero-order valence-electron chi connectivity index (χ0n) is 12.1. The fourth-order valence-corrected chi connectivity index (χ4v) is 3.45. The van der Waals surface area contributed by atoms with Crippen molar-refractivity contribution in [3.63, 3.8) is 0 Å². The molecule has 4 unspecified atom stereocenters. The van der Waals surface area contributed by atoms with E-state index in [4.69, 9.17) is 9.47 Å². The van der Waals surface area contributed by atoms with Crippen LogP contribution in [0, 0.1) is 5.92 Å². The first kappa shape index (κ1) is 14.3. The number of hydrogen-bond acceptors (Lipinski definition) is 5. The number of amides is 1. The molecular weight excluding hydrogens is 258 g/mol. The number of morpholine rings is 1. The van der Waals surface area contributed by atoms with Gasteiger partial charge in [0.05, 0.1) is 31.8 Å². The van der Waals surface area contributed by atoms with Gasteiger partial charge in [-0.2, -0.15) is 0 Å². The van der Waals surface area contributed by atoms with Crippen LogP contribution in [0.1, 0.15) is 12.8 Å². The van der Waals surface area contributed by atoms with E-state index in [1.54, 1.807) is 0 Å². The highest BCUT2D eigenvalue weighted by atomic mass is 16.5. The highest BCUT2D eigenvalue weighted by Gasteiger charge is 2.35. The standard InChI is InChI=1S/C14H25N3O3/c1-15-13-9-19-8-12(13)14(18)16-5-11-6-17-4-2-3-10(17)7-20-11/h10-13,15H,2-9H2,1H3,(H,16,18). The molecule has 3 heterocycles. The fourth-order valence-electron chi connectivity index (χ4n) is 3.45. The molecule has 20 heavy (non-hydrogen) atoms. The van der Waals surface area contributed by atoms with E-state index >= 15 is 0 Å². The summed E-state index contributed by atoms with van der Waals surface area (Å²) in [5.74, 6) is -0.00267. The molecule has 114 valence electrons. The van der Waals surface area contributed by atoms with Gasteiger partial charge in [-0.3, -0.25) is 9.69 Å². The first-order valence-electron chi connectivity index (χ1n) is 7.66. The van der Waals surface area contributed by atoms with E-state index in [-0.39, 0.29) is 24.0 Å². The van der Waals surface area contributed by atoms with Crippen LogP contribution in [-0.2, 0) is 14.3 Å². The second kappa shape index (κ2) is 6.39. The molecule has 0 spiro atoms. The molecule has 3 aliphatic rings. The van der Waals surface area contributed by atoms with E-state index in [1.165, 1.54) is 19.4 Å². The van der Waals surface area contributed by atoms with Crippen molar-refractivity contribution in [3.05, 3.63) is 0 Å². The van der Waals surface area contributed by atoms with Crippen molar-refractivity contribution in [2.75, 3.05) is 46.5 Å². The van der Waals surface area contributed by atoms with Crippen LogP contribution in [0.3, 0.4) is 0 Å². The minimum Gasteiger partial charge on any atom is -0.379 e. The molecule has 1 amide bonds.